The Labute approximate surface area is 85.1 Å². The van der Waals surface area contributed by atoms with E-state index in [-0.39, 0.29) is 0 Å². The van der Waals surface area contributed by atoms with Crippen molar-refractivity contribution in [2.75, 3.05) is 19.8 Å². The first kappa shape index (κ1) is 9.69. The number of hydrogen-bond donors (Lipinski definition) is 1. The maximum atomic E-state index is 5.71. The summed E-state index contributed by atoms with van der Waals surface area (Å²) in [5, 5.41) is 0. The van der Waals surface area contributed by atoms with E-state index in [9.17, 15) is 0 Å². The van der Waals surface area contributed by atoms with Crippen LogP contribution in [0.15, 0.2) is 24.3 Å². The van der Waals surface area contributed by atoms with Gasteiger partial charge in [-0.15, -0.1) is 0 Å². The Morgan fingerprint density at radius 3 is 2.64 bits per heavy atom. The van der Waals surface area contributed by atoms with Gasteiger partial charge in [-0.1, -0.05) is 29.8 Å². The highest BCUT2D eigenvalue weighted by Crippen LogP contribution is 2.30. The average molecular weight is 191 g/mol. The van der Waals surface area contributed by atoms with Gasteiger partial charge < -0.3 is 10.5 Å². The van der Waals surface area contributed by atoms with Gasteiger partial charge in [0.2, 0.25) is 0 Å². The van der Waals surface area contributed by atoms with Gasteiger partial charge in [-0.25, -0.2) is 0 Å². The van der Waals surface area contributed by atoms with Crippen LogP contribution in [0.4, 0.5) is 0 Å². The third-order valence-corrected chi connectivity index (χ3v) is 3.01. The number of benzene rings is 1. The molecule has 2 heteroatoms. The Hall–Kier alpha value is -0.860. The molecule has 0 saturated carbocycles. The van der Waals surface area contributed by atoms with Crippen molar-refractivity contribution < 1.29 is 4.74 Å². The lowest BCUT2D eigenvalue weighted by atomic mass is 9.89. The van der Waals surface area contributed by atoms with Crippen molar-refractivity contribution in [3.05, 3.63) is 35.4 Å². The van der Waals surface area contributed by atoms with E-state index in [2.05, 4.69) is 31.2 Å². The highest BCUT2D eigenvalue weighted by molar-refractivity contribution is 5.25. The maximum absolute atomic E-state index is 5.71. The van der Waals surface area contributed by atoms with Gasteiger partial charge in [0.15, 0.2) is 0 Å². The number of ether oxygens (including phenoxy) is 1. The van der Waals surface area contributed by atoms with Crippen LogP contribution >= 0.6 is 0 Å². The van der Waals surface area contributed by atoms with E-state index in [1.54, 1.807) is 0 Å². The van der Waals surface area contributed by atoms with Crippen LogP contribution in [0, 0.1) is 12.8 Å². The summed E-state index contributed by atoms with van der Waals surface area (Å²) in [5.74, 6) is 0.998. The molecule has 1 aliphatic heterocycles. The Morgan fingerprint density at radius 2 is 2.00 bits per heavy atom. The second-order valence-electron chi connectivity index (χ2n) is 4.05. The van der Waals surface area contributed by atoms with Crippen molar-refractivity contribution in [2.45, 2.75) is 12.8 Å². The molecule has 2 rings (SSSR count). The Bertz CT molecular complexity index is 294. The number of nitrogens with two attached hydrogens (primary N) is 1. The van der Waals surface area contributed by atoms with E-state index in [0.29, 0.717) is 11.8 Å². The SMILES string of the molecule is Cc1ccc(C2COCC2CN)cc1. The first-order valence-corrected chi connectivity index (χ1v) is 5.15. The zero-order chi connectivity index (χ0) is 9.97. The van der Waals surface area contributed by atoms with Crippen LogP contribution in [-0.4, -0.2) is 19.8 Å². The van der Waals surface area contributed by atoms with Gasteiger partial charge in [0.25, 0.3) is 0 Å². The number of aryl methyl sites for hydroxylation is 1. The summed E-state index contributed by atoms with van der Waals surface area (Å²) in [5.41, 5.74) is 8.38. The summed E-state index contributed by atoms with van der Waals surface area (Å²) in [6.07, 6.45) is 0. The van der Waals surface area contributed by atoms with Crippen molar-refractivity contribution in [3.63, 3.8) is 0 Å². The van der Waals surface area contributed by atoms with E-state index in [1.807, 2.05) is 0 Å². The van der Waals surface area contributed by atoms with Crippen molar-refractivity contribution in [1.29, 1.82) is 0 Å². The standard InChI is InChI=1S/C12H17NO/c1-9-2-4-10(5-3-9)12-8-14-7-11(12)6-13/h2-5,11-12H,6-8,13H2,1H3. The van der Waals surface area contributed by atoms with E-state index in [0.717, 1.165) is 19.8 Å². The Morgan fingerprint density at radius 1 is 1.29 bits per heavy atom. The summed E-state index contributed by atoms with van der Waals surface area (Å²) < 4.78 is 5.47. The fourth-order valence-corrected chi connectivity index (χ4v) is 2.01. The summed E-state index contributed by atoms with van der Waals surface area (Å²) in [6.45, 7) is 4.47. The molecule has 1 saturated heterocycles. The summed E-state index contributed by atoms with van der Waals surface area (Å²) in [4.78, 5) is 0. The van der Waals surface area contributed by atoms with Gasteiger partial charge in [0.05, 0.1) is 13.2 Å². The fourth-order valence-electron chi connectivity index (χ4n) is 2.01. The molecular formula is C12H17NO. The highest BCUT2D eigenvalue weighted by atomic mass is 16.5. The molecule has 0 aliphatic carbocycles. The van der Waals surface area contributed by atoms with Gasteiger partial charge in [0.1, 0.15) is 0 Å². The first-order valence-electron chi connectivity index (χ1n) is 5.15. The molecule has 1 fully saturated rings. The maximum Gasteiger partial charge on any atom is 0.0538 e. The van der Waals surface area contributed by atoms with Crippen molar-refractivity contribution in [2.24, 2.45) is 11.7 Å². The van der Waals surface area contributed by atoms with E-state index < -0.39 is 0 Å². The van der Waals surface area contributed by atoms with Crippen molar-refractivity contribution in [3.8, 4) is 0 Å². The molecule has 1 heterocycles. The smallest absolute Gasteiger partial charge is 0.0538 e. The van der Waals surface area contributed by atoms with Gasteiger partial charge in [-0.05, 0) is 19.0 Å². The lowest BCUT2D eigenvalue weighted by Crippen LogP contribution is -2.20. The highest BCUT2D eigenvalue weighted by Gasteiger charge is 2.27. The summed E-state index contributed by atoms with van der Waals surface area (Å²) >= 11 is 0. The quantitative estimate of drug-likeness (QED) is 0.772. The van der Waals surface area contributed by atoms with Crippen LogP contribution < -0.4 is 5.73 Å². The summed E-state index contributed by atoms with van der Waals surface area (Å²) in [6, 6.07) is 8.69. The molecule has 0 radical (unpaired) electrons. The molecular weight excluding hydrogens is 174 g/mol. The normalized spacial score (nSPS) is 26.7. The van der Waals surface area contributed by atoms with Gasteiger partial charge in [-0.3, -0.25) is 0 Å². The van der Waals surface area contributed by atoms with Crippen molar-refractivity contribution in [1.82, 2.24) is 0 Å². The van der Waals surface area contributed by atoms with E-state index >= 15 is 0 Å². The molecule has 0 aromatic heterocycles. The topological polar surface area (TPSA) is 35.2 Å². The van der Waals surface area contributed by atoms with Crippen LogP contribution in [-0.2, 0) is 4.74 Å². The predicted octanol–water partition coefficient (Wildman–Crippen LogP) is 1.68. The van der Waals surface area contributed by atoms with E-state index in [1.165, 1.54) is 11.1 Å². The second kappa shape index (κ2) is 4.11. The minimum Gasteiger partial charge on any atom is -0.380 e. The lowest BCUT2D eigenvalue weighted by molar-refractivity contribution is 0.185. The molecule has 1 aromatic rings. The third kappa shape index (κ3) is 1.81. The van der Waals surface area contributed by atoms with Crippen molar-refractivity contribution >= 4 is 0 Å². The largest absolute Gasteiger partial charge is 0.380 e. The molecule has 1 aromatic carbocycles. The van der Waals surface area contributed by atoms with Crippen LogP contribution in [0.25, 0.3) is 0 Å². The average Bonchev–Trinajstić information content (AvgIpc) is 2.67. The molecule has 0 bridgehead atoms. The zero-order valence-corrected chi connectivity index (χ0v) is 8.57. The lowest BCUT2D eigenvalue weighted by Gasteiger charge is -2.15. The Kier molecular flexibility index (Phi) is 2.85. The zero-order valence-electron chi connectivity index (χ0n) is 8.57. The monoisotopic (exact) mass is 191 g/mol. The van der Waals surface area contributed by atoms with Crippen LogP contribution in [0.5, 0.6) is 0 Å². The van der Waals surface area contributed by atoms with Crippen LogP contribution in [0.2, 0.25) is 0 Å². The molecule has 1 aliphatic rings. The molecule has 0 spiro atoms. The van der Waals surface area contributed by atoms with Gasteiger partial charge in [-0.2, -0.15) is 0 Å². The number of hydrogen-bond acceptors (Lipinski definition) is 2. The Balaban J connectivity index is 2.17. The predicted molar refractivity (Wildman–Crippen MR) is 57.3 cm³/mol. The fraction of sp³-hybridized carbons (Fsp3) is 0.500. The minimum atomic E-state index is 0.498. The molecule has 0 amide bonds. The third-order valence-electron chi connectivity index (χ3n) is 3.01. The first-order chi connectivity index (χ1) is 6.81. The molecule has 14 heavy (non-hydrogen) atoms. The van der Waals surface area contributed by atoms with E-state index in [4.69, 9.17) is 10.5 Å². The van der Waals surface area contributed by atoms with Crippen LogP contribution in [0.3, 0.4) is 0 Å². The van der Waals surface area contributed by atoms with Gasteiger partial charge in [0, 0.05) is 11.8 Å². The molecule has 2 nitrogen and oxygen atoms in total. The van der Waals surface area contributed by atoms with Crippen LogP contribution in [0.1, 0.15) is 17.0 Å². The minimum absolute atomic E-state index is 0.498. The molecule has 2 unspecified atom stereocenters. The molecule has 2 atom stereocenters. The molecule has 2 N–H and O–H groups in total. The summed E-state index contributed by atoms with van der Waals surface area (Å²) in [7, 11) is 0. The molecule has 76 valence electrons. The van der Waals surface area contributed by atoms with Gasteiger partial charge >= 0.3 is 0 Å². The number of rotatable bonds is 2. The second-order valence-corrected chi connectivity index (χ2v) is 4.05.